The molecular formula is C26H31N3O5S2. The molecule has 0 saturated carbocycles. The van der Waals surface area contributed by atoms with E-state index in [9.17, 15) is 18.3 Å². The summed E-state index contributed by atoms with van der Waals surface area (Å²) in [5, 5.41) is 20.6. The maximum absolute atomic E-state index is 13.3. The van der Waals surface area contributed by atoms with Crippen LogP contribution in [-0.4, -0.2) is 60.8 Å². The zero-order valence-electron chi connectivity index (χ0n) is 20.6. The lowest BCUT2D eigenvalue weighted by atomic mass is 9.87. The fraction of sp³-hybridized carbons (Fsp3) is 0.346. The summed E-state index contributed by atoms with van der Waals surface area (Å²) in [6.07, 6.45) is 0. The van der Waals surface area contributed by atoms with Gasteiger partial charge in [-0.3, -0.25) is 9.52 Å². The smallest absolute Gasteiger partial charge is 0.313 e. The van der Waals surface area contributed by atoms with Gasteiger partial charge in [-0.25, -0.2) is 0 Å². The van der Waals surface area contributed by atoms with Gasteiger partial charge in [0.15, 0.2) is 0 Å². The predicted molar refractivity (Wildman–Crippen MR) is 145 cm³/mol. The topological polar surface area (TPSA) is 110 Å². The molecule has 8 nitrogen and oxygen atoms in total. The van der Waals surface area contributed by atoms with E-state index in [0.29, 0.717) is 47.5 Å². The number of anilines is 2. The maximum Gasteiger partial charge on any atom is 0.313 e. The molecule has 1 aliphatic heterocycles. The number of rotatable bonds is 7. The second kappa shape index (κ2) is 10.2. The largest absolute Gasteiger partial charge is 0.506 e. The van der Waals surface area contributed by atoms with Crippen LogP contribution in [0.2, 0.25) is 0 Å². The lowest BCUT2D eigenvalue weighted by molar-refractivity contribution is -0.133. The number of benzene rings is 3. The molecule has 1 aliphatic rings. The first-order valence-electron chi connectivity index (χ1n) is 11.7. The summed E-state index contributed by atoms with van der Waals surface area (Å²) in [4.78, 5) is 13.5. The van der Waals surface area contributed by atoms with Crippen molar-refractivity contribution in [1.29, 1.82) is 0 Å². The highest BCUT2D eigenvalue weighted by Crippen LogP contribution is 2.40. The first-order chi connectivity index (χ1) is 17.0. The number of phenols is 1. The number of fused-ring (bicyclic) bond motifs is 1. The Morgan fingerprint density at radius 2 is 1.61 bits per heavy atom. The lowest BCUT2D eigenvalue weighted by Gasteiger charge is -2.35. The van der Waals surface area contributed by atoms with Gasteiger partial charge >= 0.3 is 16.2 Å². The van der Waals surface area contributed by atoms with Gasteiger partial charge in [0.2, 0.25) is 0 Å². The molecule has 10 heteroatoms. The maximum atomic E-state index is 13.3. The second-order valence-electron chi connectivity index (χ2n) is 9.79. The summed E-state index contributed by atoms with van der Waals surface area (Å²) in [5.74, 6) is -1.34. The standard InChI is InChI=1S/C26H31N3O5S2/c1-26(2,3)18-8-10-19(11-9-18)28-12-14-29(15-13-28)36(33,34)27-22-16-23(35-17-24(30)31)25(32)21-7-5-4-6-20(21)22/h4-11,16,27,32H,12-15,17H2,1-3H3,(H,30,31). The van der Waals surface area contributed by atoms with Crippen molar-refractivity contribution in [2.45, 2.75) is 31.1 Å². The number of nitrogens with one attached hydrogen (secondary N) is 1. The van der Waals surface area contributed by atoms with E-state index in [4.69, 9.17) is 5.11 Å². The second-order valence-corrected chi connectivity index (χ2v) is 12.5. The van der Waals surface area contributed by atoms with Gasteiger partial charge in [-0.2, -0.15) is 12.7 Å². The molecule has 1 saturated heterocycles. The van der Waals surface area contributed by atoms with Crippen LogP contribution >= 0.6 is 11.8 Å². The van der Waals surface area contributed by atoms with E-state index < -0.39 is 16.2 Å². The molecule has 3 N–H and O–H groups in total. The molecule has 0 aromatic heterocycles. The Kier molecular flexibility index (Phi) is 7.40. The number of aromatic hydroxyl groups is 1. The van der Waals surface area contributed by atoms with Crippen molar-refractivity contribution in [3.8, 4) is 5.75 Å². The number of nitrogens with zero attached hydrogens (tertiary/aromatic N) is 2. The molecule has 0 amide bonds. The van der Waals surface area contributed by atoms with Crippen molar-refractivity contribution in [1.82, 2.24) is 4.31 Å². The van der Waals surface area contributed by atoms with Crippen LogP contribution in [0.3, 0.4) is 0 Å². The van der Waals surface area contributed by atoms with Crippen LogP contribution in [-0.2, 0) is 20.4 Å². The van der Waals surface area contributed by atoms with Crippen LogP contribution in [0.25, 0.3) is 10.8 Å². The predicted octanol–water partition coefficient (Wildman–Crippen LogP) is 4.50. The van der Waals surface area contributed by atoms with Crippen molar-refractivity contribution in [2.24, 2.45) is 0 Å². The van der Waals surface area contributed by atoms with E-state index in [1.54, 1.807) is 24.3 Å². The van der Waals surface area contributed by atoms with Crippen molar-refractivity contribution in [3.05, 3.63) is 60.2 Å². The van der Waals surface area contributed by atoms with Gasteiger partial charge in [0, 0.05) is 42.6 Å². The Morgan fingerprint density at radius 1 is 1.00 bits per heavy atom. The number of carbonyl (C=O) groups is 1. The molecule has 0 atom stereocenters. The molecule has 0 radical (unpaired) electrons. The van der Waals surface area contributed by atoms with E-state index >= 15 is 0 Å². The summed E-state index contributed by atoms with van der Waals surface area (Å²) in [7, 11) is -3.87. The molecule has 1 heterocycles. The van der Waals surface area contributed by atoms with E-state index in [1.165, 1.54) is 15.9 Å². The highest BCUT2D eigenvalue weighted by molar-refractivity contribution is 8.00. The number of hydrogen-bond acceptors (Lipinski definition) is 6. The number of aliphatic carboxylic acids is 1. The summed E-state index contributed by atoms with van der Waals surface area (Å²) >= 11 is 0.941. The fourth-order valence-corrected chi connectivity index (χ4v) is 6.18. The highest BCUT2D eigenvalue weighted by Gasteiger charge is 2.28. The molecular weight excluding hydrogens is 498 g/mol. The Morgan fingerprint density at radius 3 is 2.19 bits per heavy atom. The van der Waals surface area contributed by atoms with Crippen molar-refractivity contribution < 1.29 is 23.4 Å². The SMILES string of the molecule is CC(C)(C)c1ccc(N2CCN(S(=O)(=O)Nc3cc(SCC(=O)O)c(O)c4ccccc34)CC2)cc1. The molecule has 0 unspecified atom stereocenters. The average molecular weight is 530 g/mol. The molecule has 0 bridgehead atoms. The minimum absolute atomic E-state index is 0.0640. The zero-order valence-corrected chi connectivity index (χ0v) is 22.2. The zero-order chi connectivity index (χ0) is 26.1. The summed E-state index contributed by atoms with van der Waals surface area (Å²) in [6, 6.07) is 16.8. The monoisotopic (exact) mass is 529 g/mol. The quantitative estimate of drug-likeness (QED) is 0.305. The molecule has 1 fully saturated rings. The van der Waals surface area contributed by atoms with Gasteiger partial charge in [-0.15, -0.1) is 11.8 Å². The van der Waals surface area contributed by atoms with Gasteiger partial charge < -0.3 is 15.1 Å². The molecule has 4 rings (SSSR count). The number of piperazine rings is 1. The average Bonchev–Trinajstić information content (AvgIpc) is 2.84. The van der Waals surface area contributed by atoms with Crippen molar-refractivity contribution >= 4 is 50.1 Å². The Balaban J connectivity index is 1.51. The van der Waals surface area contributed by atoms with Crippen LogP contribution in [0.15, 0.2) is 59.5 Å². The van der Waals surface area contributed by atoms with Crippen LogP contribution in [0.1, 0.15) is 26.3 Å². The number of carboxylic acids is 1. The number of carboxylic acid groups (broad SMARTS) is 1. The van der Waals surface area contributed by atoms with Gasteiger partial charge in [-0.1, -0.05) is 57.2 Å². The fourth-order valence-electron chi connectivity index (χ4n) is 4.23. The van der Waals surface area contributed by atoms with E-state index in [0.717, 1.165) is 17.4 Å². The van der Waals surface area contributed by atoms with Crippen LogP contribution in [0.4, 0.5) is 11.4 Å². The van der Waals surface area contributed by atoms with Gasteiger partial charge in [0.25, 0.3) is 0 Å². The lowest BCUT2D eigenvalue weighted by Crippen LogP contribution is -2.50. The van der Waals surface area contributed by atoms with Crippen LogP contribution < -0.4 is 9.62 Å². The van der Waals surface area contributed by atoms with E-state index in [2.05, 4.69) is 54.7 Å². The number of hydrogen-bond donors (Lipinski definition) is 3. The summed E-state index contributed by atoms with van der Waals surface area (Å²) in [5.41, 5.74) is 2.69. The van der Waals surface area contributed by atoms with Crippen LogP contribution in [0.5, 0.6) is 5.75 Å². The third-order valence-corrected chi connectivity index (χ3v) is 8.78. The highest BCUT2D eigenvalue weighted by atomic mass is 32.2. The molecule has 3 aromatic carbocycles. The molecule has 3 aromatic rings. The molecule has 36 heavy (non-hydrogen) atoms. The minimum Gasteiger partial charge on any atom is -0.506 e. The first-order valence-corrected chi connectivity index (χ1v) is 14.1. The van der Waals surface area contributed by atoms with Gasteiger partial charge in [-0.05, 0) is 29.2 Å². The number of thioether (sulfide) groups is 1. The Bertz CT molecular complexity index is 1360. The first kappa shape index (κ1) is 26.1. The Labute approximate surface area is 216 Å². The molecule has 192 valence electrons. The van der Waals surface area contributed by atoms with Crippen molar-refractivity contribution in [3.63, 3.8) is 0 Å². The summed E-state index contributed by atoms with van der Waals surface area (Å²) < 4.78 is 30.7. The van der Waals surface area contributed by atoms with Gasteiger partial charge in [0.05, 0.1) is 16.3 Å². The third kappa shape index (κ3) is 5.71. The number of phenolic OH excluding ortho intramolecular Hbond substituents is 1. The van der Waals surface area contributed by atoms with Crippen LogP contribution in [0, 0.1) is 0 Å². The summed E-state index contributed by atoms with van der Waals surface area (Å²) in [6.45, 7) is 8.29. The Hall–Kier alpha value is -2.95. The van der Waals surface area contributed by atoms with Gasteiger partial charge in [0.1, 0.15) is 5.75 Å². The normalized spacial score (nSPS) is 15.2. The molecule has 0 aliphatic carbocycles. The minimum atomic E-state index is -3.87. The van der Waals surface area contributed by atoms with E-state index in [-0.39, 0.29) is 16.9 Å². The van der Waals surface area contributed by atoms with Crippen molar-refractivity contribution in [2.75, 3.05) is 41.6 Å². The third-order valence-electron chi connectivity index (χ3n) is 6.25. The van der Waals surface area contributed by atoms with E-state index in [1.807, 2.05) is 0 Å². The molecule has 0 spiro atoms.